The molecule has 1 aliphatic rings. The van der Waals surface area contributed by atoms with Crippen molar-refractivity contribution in [3.05, 3.63) is 20.8 Å². The third kappa shape index (κ3) is 2.27. The summed E-state index contributed by atoms with van der Waals surface area (Å²) in [5.41, 5.74) is 0. The number of hydrogen-bond donors (Lipinski definition) is 0. The lowest BCUT2D eigenvalue weighted by atomic mass is 10.8. The molecule has 0 bridgehead atoms. The normalized spacial score (nSPS) is 21.5. The summed E-state index contributed by atoms with van der Waals surface area (Å²) < 4.78 is 0. The van der Waals surface area contributed by atoms with Crippen LogP contribution in [0.5, 0.6) is 0 Å². The van der Waals surface area contributed by atoms with E-state index in [2.05, 4.69) is 9.88 Å². The molecule has 13 heavy (non-hydrogen) atoms. The van der Waals surface area contributed by atoms with Crippen LogP contribution >= 0.6 is 0 Å². The summed E-state index contributed by atoms with van der Waals surface area (Å²) in [5.74, 6) is 0. The molecule has 1 saturated heterocycles. The predicted octanol–water partition coefficient (Wildman–Crippen LogP) is -1.04. The summed E-state index contributed by atoms with van der Waals surface area (Å²) in [7, 11) is 0. The Morgan fingerprint density at radius 2 is 1.85 bits per heavy atom. The molecule has 11 heteroatoms. The standard InChI is InChI=1S/C2H5N5O6/c1-2-3(8)12-5(9)4-6(10)13-7(4)11/h2H2,1H3/q-4. The van der Waals surface area contributed by atoms with E-state index in [9.17, 15) is 20.8 Å². The predicted molar refractivity (Wildman–Crippen MR) is 35.4 cm³/mol. The van der Waals surface area contributed by atoms with E-state index in [1.54, 1.807) is 0 Å². The molecule has 0 aromatic carbocycles. The Bertz CT molecular complexity index is 161. The first-order valence-electron chi connectivity index (χ1n) is 3.08. The van der Waals surface area contributed by atoms with Gasteiger partial charge in [0.15, 0.2) is 0 Å². The van der Waals surface area contributed by atoms with Gasteiger partial charge in [-0.2, -0.15) is 4.94 Å². The molecule has 1 fully saturated rings. The average Bonchev–Trinajstić information content (AvgIpc) is 2.03. The molecule has 1 aliphatic heterocycles. The van der Waals surface area contributed by atoms with Crippen LogP contribution in [0.2, 0.25) is 0 Å². The molecular formula is C2H5N5O6-4. The number of hydroxylamine groups is 2. The number of nitrogens with zero attached hydrogens (tertiary/aromatic N) is 5. The van der Waals surface area contributed by atoms with Gasteiger partial charge in [0.05, 0.1) is 0 Å². The van der Waals surface area contributed by atoms with Gasteiger partial charge >= 0.3 is 0 Å². The summed E-state index contributed by atoms with van der Waals surface area (Å²) >= 11 is 0. The highest BCUT2D eigenvalue weighted by Gasteiger charge is 2.25. The molecule has 0 N–H and O–H groups in total. The molecule has 0 saturated carbocycles. The highest BCUT2D eigenvalue weighted by molar-refractivity contribution is 4.46. The maximum Gasteiger partial charge on any atom is 0.00970 e. The zero-order valence-electron chi connectivity index (χ0n) is 6.39. The second kappa shape index (κ2) is 4.18. The highest BCUT2D eigenvalue weighted by Crippen LogP contribution is 2.18. The number of rotatable bonds is 4. The molecule has 0 amide bonds. The largest absolute Gasteiger partial charge is 0.761 e. The molecule has 1 rings (SSSR count). The summed E-state index contributed by atoms with van der Waals surface area (Å²) in [4.78, 5) is 7.49. The molecule has 1 heterocycles. The van der Waals surface area contributed by atoms with E-state index >= 15 is 0 Å². The van der Waals surface area contributed by atoms with Gasteiger partial charge in [-0.15, -0.1) is 16.0 Å². The monoisotopic (exact) mass is 195 g/mol. The van der Waals surface area contributed by atoms with Gasteiger partial charge in [-0.05, 0) is 0 Å². The van der Waals surface area contributed by atoms with Crippen molar-refractivity contribution in [1.82, 2.24) is 26.5 Å². The van der Waals surface area contributed by atoms with Crippen molar-refractivity contribution in [2.24, 2.45) is 0 Å². The van der Waals surface area contributed by atoms with Crippen molar-refractivity contribution >= 4 is 0 Å². The molecule has 78 valence electrons. The van der Waals surface area contributed by atoms with Crippen LogP contribution in [-0.4, -0.2) is 33.0 Å². The fraction of sp³-hybridized carbons (Fsp3) is 1.00. The summed E-state index contributed by atoms with van der Waals surface area (Å²) in [6, 6.07) is 0. The molecular weight excluding hydrogens is 190 g/mol. The SMILES string of the molecule is CCN([O-])ON([O-])N1N([O-])ON1[O-]. The lowest BCUT2D eigenvalue weighted by molar-refractivity contribution is -0.660. The van der Waals surface area contributed by atoms with Crippen LogP contribution in [-0.2, 0) is 9.88 Å². The Morgan fingerprint density at radius 3 is 2.23 bits per heavy atom. The first-order valence-corrected chi connectivity index (χ1v) is 3.08. The Labute approximate surface area is 71.8 Å². The average molecular weight is 195 g/mol. The van der Waals surface area contributed by atoms with Crippen LogP contribution in [0.1, 0.15) is 6.92 Å². The van der Waals surface area contributed by atoms with E-state index < -0.39 is 16.0 Å². The van der Waals surface area contributed by atoms with Gasteiger partial charge in [-0.25, -0.2) is 10.2 Å². The van der Waals surface area contributed by atoms with Crippen LogP contribution in [0.4, 0.5) is 0 Å². The van der Waals surface area contributed by atoms with Crippen LogP contribution in [0.15, 0.2) is 0 Å². The van der Waals surface area contributed by atoms with E-state index in [0.717, 1.165) is 0 Å². The van der Waals surface area contributed by atoms with Crippen molar-refractivity contribution in [2.75, 3.05) is 6.54 Å². The maximum absolute atomic E-state index is 10.6. The van der Waals surface area contributed by atoms with Gasteiger partial charge in [-0.3, -0.25) is 0 Å². The number of hydrazine groups is 3. The van der Waals surface area contributed by atoms with E-state index in [0.29, 0.717) is 0 Å². The van der Waals surface area contributed by atoms with Crippen molar-refractivity contribution in [1.29, 1.82) is 0 Å². The fourth-order valence-electron chi connectivity index (χ4n) is 0.445. The third-order valence-electron chi connectivity index (χ3n) is 0.997. The molecule has 0 aromatic rings. The topological polar surface area (TPSA) is 127 Å². The molecule has 0 radical (unpaired) electrons. The lowest BCUT2D eigenvalue weighted by Gasteiger charge is -2.61. The van der Waals surface area contributed by atoms with Crippen molar-refractivity contribution in [3.8, 4) is 0 Å². The van der Waals surface area contributed by atoms with Gasteiger partial charge in [0.2, 0.25) is 0 Å². The quantitative estimate of drug-likeness (QED) is 0.510. The molecule has 0 aliphatic carbocycles. The van der Waals surface area contributed by atoms with Gasteiger partial charge in [-0.1, -0.05) is 12.2 Å². The van der Waals surface area contributed by atoms with E-state index in [1.807, 2.05) is 0 Å². The van der Waals surface area contributed by atoms with Crippen molar-refractivity contribution in [3.63, 3.8) is 0 Å². The minimum atomic E-state index is -0.625. The first kappa shape index (κ1) is 10.6. The Balaban J connectivity index is 2.34. The fourth-order valence-corrected chi connectivity index (χ4v) is 0.445. The summed E-state index contributed by atoms with van der Waals surface area (Å²) in [5, 5.41) is 39.8. The van der Waals surface area contributed by atoms with Crippen LogP contribution < -0.4 is 0 Å². The lowest BCUT2D eigenvalue weighted by Crippen LogP contribution is -2.66. The first-order chi connectivity index (χ1) is 6.06. The van der Waals surface area contributed by atoms with Gasteiger partial charge < -0.3 is 20.8 Å². The second-order valence-corrected chi connectivity index (χ2v) is 1.79. The van der Waals surface area contributed by atoms with Crippen molar-refractivity contribution in [2.45, 2.75) is 6.92 Å². The minimum Gasteiger partial charge on any atom is -0.761 e. The second-order valence-electron chi connectivity index (χ2n) is 1.79. The zero-order chi connectivity index (χ0) is 10.0. The third-order valence-corrected chi connectivity index (χ3v) is 0.997. The van der Waals surface area contributed by atoms with Gasteiger partial charge in [0, 0.05) is 6.54 Å². The van der Waals surface area contributed by atoms with Crippen LogP contribution in [0.25, 0.3) is 0 Å². The van der Waals surface area contributed by atoms with Crippen LogP contribution in [0.3, 0.4) is 0 Å². The summed E-state index contributed by atoms with van der Waals surface area (Å²) in [6.45, 7) is 1.25. The molecule has 0 spiro atoms. The van der Waals surface area contributed by atoms with Crippen LogP contribution in [0, 0.1) is 20.8 Å². The van der Waals surface area contributed by atoms with Crippen molar-refractivity contribution < 1.29 is 9.88 Å². The van der Waals surface area contributed by atoms with Gasteiger partial charge in [0.1, 0.15) is 0 Å². The minimum absolute atomic E-state index is 0.132. The smallest absolute Gasteiger partial charge is 0.00970 e. The Kier molecular flexibility index (Phi) is 3.42. The maximum atomic E-state index is 10.6. The number of hydrogen-bond acceptors (Lipinski definition) is 11. The molecule has 0 atom stereocenters. The highest BCUT2D eigenvalue weighted by atomic mass is 17.3. The molecule has 11 nitrogen and oxygen atoms in total. The Morgan fingerprint density at radius 1 is 1.31 bits per heavy atom. The van der Waals surface area contributed by atoms with Gasteiger partial charge in [0.25, 0.3) is 0 Å². The summed E-state index contributed by atoms with van der Waals surface area (Å²) in [6.07, 6.45) is 0. The Hall–Kier alpha value is -0.440. The molecule has 0 unspecified atom stereocenters. The zero-order valence-corrected chi connectivity index (χ0v) is 6.39. The van der Waals surface area contributed by atoms with E-state index in [-0.39, 0.29) is 17.0 Å². The van der Waals surface area contributed by atoms with E-state index in [4.69, 9.17) is 0 Å². The van der Waals surface area contributed by atoms with E-state index in [1.165, 1.54) is 6.92 Å². The molecule has 0 aromatic heterocycles.